The highest BCUT2D eigenvalue weighted by atomic mass is 35.5. The largest absolute Gasteiger partial charge is 0.310 e. The van der Waals surface area contributed by atoms with E-state index >= 15 is 0 Å². The van der Waals surface area contributed by atoms with E-state index in [1.54, 1.807) is 23.2 Å². The molecule has 0 bridgehead atoms. The van der Waals surface area contributed by atoms with Crippen LogP contribution in [0.3, 0.4) is 0 Å². The minimum atomic E-state index is -0.323. The highest BCUT2D eigenvalue weighted by molar-refractivity contribution is 6.32. The van der Waals surface area contributed by atoms with Crippen molar-refractivity contribution in [3.05, 3.63) is 47.3 Å². The molecule has 0 aliphatic carbocycles. The monoisotopic (exact) mass is 267 g/mol. The van der Waals surface area contributed by atoms with Crippen LogP contribution in [0.5, 0.6) is 0 Å². The first-order valence-corrected chi connectivity index (χ1v) is 6.00. The third-order valence-corrected chi connectivity index (χ3v) is 3.39. The van der Waals surface area contributed by atoms with Crippen LogP contribution in [0.15, 0.2) is 30.7 Å². The average Bonchev–Trinajstić information content (AvgIpc) is 2.82. The van der Waals surface area contributed by atoms with E-state index in [1.165, 1.54) is 12.1 Å². The van der Waals surface area contributed by atoms with Crippen LogP contribution in [0, 0.1) is 5.82 Å². The van der Waals surface area contributed by atoms with Gasteiger partial charge in [0.15, 0.2) is 0 Å². The number of imidazole rings is 1. The van der Waals surface area contributed by atoms with Crippen LogP contribution in [-0.2, 0) is 5.54 Å². The molecule has 0 atom stereocenters. The zero-order valence-corrected chi connectivity index (χ0v) is 11.3. The summed E-state index contributed by atoms with van der Waals surface area (Å²) in [6, 6.07) is 4.28. The molecule has 0 aliphatic rings. The molecule has 5 heteroatoms. The molecule has 3 nitrogen and oxygen atoms in total. The quantitative estimate of drug-likeness (QED) is 0.926. The third kappa shape index (κ3) is 2.26. The van der Waals surface area contributed by atoms with Crippen molar-refractivity contribution in [3.63, 3.8) is 0 Å². The second-order valence-electron chi connectivity index (χ2n) is 4.62. The fraction of sp³-hybridized carbons (Fsp3) is 0.308. The molecule has 0 amide bonds. The Balaban J connectivity index is 2.59. The summed E-state index contributed by atoms with van der Waals surface area (Å²) in [5.41, 5.74) is 1.22. The van der Waals surface area contributed by atoms with Crippen LogP contribution in [0.4, 0.5) is 4.39 Å². The Morgan fingerprint density at radius 2 is 2.11 bits per heavy atom. The summed E-state index contributed by atoms with van der Waals surface area (Å²) in [7, 11) is 1.87. The van der Waals surface area contributed by atoms with Crippen molar-refractivity contribution in [3.8, 4) is 5.69 Å². The highest BCUT2D eigenvalue weighted by Crippen LogP contribution is 2.27. The van der Waals surface area contributed by atoms with Crippen molar-refractivity contribution in [2.45, 2.75) is 19.4 Å². The molecule has 1 aromatic heterocycles. The molecule has 0 spiro atoms. The molecule has 2 rings (SSSR count). The molecule has 0 fully saturated rings. The number of rotatable bonds is 3. The van der Waals surface area contributed by atoms with Gasteiger partial charge in [0, 0.05) is 0 Å². The molecular weight excluding hydrogens is 253 g/mol. The van der Waals surface area contributed by atoms with Crippen molar-refractivity contribution < 1.29 is 4.39 Å². The number of aromatic nitrogens is 2. The van der Waals surface area contributed by atoms with E-state index in [0.717, 1.165) is 5.69 Å². The fourth-order valence-corrected chi connectivity index (χ4v) is 1.96. The minimum Gasteiger partial charge on any atom is -0.310 e. The maximum atomic E-state index is 13.3. The summed E-state index contributed by atoms with van der Waals surface area (Å²) in [5, 5.41) is 3.68. The predicted molar refractivity (Wildman–Crippen MR) is 70.6 cm³/mol. The van der Waals surface area contributed by atoms with Crippen LogP contribution in [0.25, 0.3) is 5.69 Å². The zero-order valence-electron chi connectivity index (χ0n) is 10.5. The SMILES string of the molecule is CNC(C)(C)c1cncn1-c1cc(F)ccc1Cl. The van der Waals surface area contributed by atoms with E-state index < -0.39 is 0 Å². The second kappa shape index (κ2) is 4.71. The van der Waals surface area contributed by atoms with Gasteiger partial charge in [-0.15, -0.1) is 0 Å². The van der Waals surface area contributed by atoms with Crippen molar-refractivity contribution in [1.29, 1.82) is 0 Å². The van der Waals surface area contributed by atoms with E-state index in [4.69, 9.17) is 11.6 Å². The van der Waals surface area contributed by atoms with E-state index in [9.17, 15) is 4.39 Å². The van der Waals surface area contributed by atoms with Crippen LogP contribution in [0.1, 0.15) is 19.5 Å². The molecule has 0 saturated heterocycles. The highest BCUT2D eigenvalue weighted by Gasteiger charge is 2.23. The molecule has 2 aromatic rings. The van der Waals surface area contributed by atoms with Crippen LogP contribution < -0.4 is 5.32 Å². The van der Waals surface area contributed by atoms with Gasteiger partial charge in [-0.3, -0.25) is 4.57 Å². The number of halogens is 2. The molecule has 1 N–H and O–H groups in total. The van der Waals surface area contributed by atoms with E-state index in [2.05, 4.69) is 10.3 Å². The van der Waals surface area contributed by atoms with Gasteiger partial charge in [-0.2, -0.15) is 0 Å². The average molecular weight is 268 g/mol. The lowest BCUT2D eigenvalue weighted by molar-refractivity contribution is 0.424. The van der Waals surface area contributed by atoms with Crippen molar-refractivity contribution in [2.24, 2.45) is 0 Å². The van der Waals surface area contributed by atoms with Crippen molar-refractivity contribution in [2.75, 3.05) is 7.05 Å². The molecule has 0 aliphatic heterocycles. The number of hydrogen-bond acceptors (Lipinski definition) is 2. The van der Waals surface area contributed by atoms with Gasteiger partial charge in [0.2, 0.25) is 0 Å². The fourth-order valence-electron chi connectivity index (χ4n) is 1.75. The summed E-state index contributed by atoms with van der Waals surface area (Å²) in [6.45, 7) is 4.04. The molecular formula is C13H15ClFN3. The second-order valence-corrected chi connectivity index (χ2v) is 5.03. The van der Waals surface area contributed by atoms with Crippen LogP contribution >= 0.6 is 11.6 Å². The topological polar surface area (TPSA) is 29.9 Å². The Morgan fingerprint density at radius 3 is 2.78 bits per heavy atom. The van der Waals surface area contributed by atoms with Gasteiger partial charge in [-0.1, -0.05) is 11.6 Å². The summed E-state index contributed by atoms with van der Waals surface area (Å²) < 4.78 is 15.1. The van der Waals surface area contributed by atoms with E-state index in [1.807, 2.05) is 20.9 Å². The van der Waals surface area contributed by atoms with Crippen molar-refractivity contribution in [1.82, 2.24) is 14.9 Å². The smallest absolute Gasteiger partial charge is 0.125 e. The maximum Gasteiger partial charge on any atom is 0.125 e. The number of nitrogens with zero attached hydrogens (tertiary/aromatic N) is 2. The molecule has 0 radical (unpaired) electrons. The van der Waals surface area contributed by atoms with Gasteiger partial charge in [-0.25, -0.2) is 9.37 Å². The maximum absolute atomic E-state index is 13.3. The summed E-state index contributed by atoms with van der Waals surface area (Å²) in [5.74, 6) is -0.323. The number of benzene rings is 1. The molecule has 18 heavy (non-hydrogen) atoms. The lowest BCUT2D eigenvalue weighted by Crippen LogP contribution is -2.35. The summed E-state index contributed by atoms with van der Waals surface area (Å²) in [6.07, 6.45) is 3.38. The normalized spacial score (nSPS) is 11.8. The van der Waals surface area contributed by atoms with E-state index in [0.29, 0.717) is 10.7 Å². The standard InChI is InChI=1S/C13H15ClFN3/c1-13(2,16-3)12-7-17-8-18(12)11-6-9(15)4-5-10(11)14/h4-8,16H,1-3H3. The Morgan fingerprint density at radius 1 is 1.39 bits per heavy atom. The minimum absolute atomic E-state index is 0.286. The van der Waals surface area contributed by atoms with Gasteiger partial charge in [0.25, 0.3) is 0 Å². The van der Waals surface area contributed by atoms with Gasteiger partial charge in [-0.05, 0) is 39.1 Å². The Labute approximate surface area is 111 Å². The van der Waals surface area contributed by atoms with Crippen LogP contribution in [0.2, 0.25) is 5.02 Å². The molecule has 0 saturated carbocycles. The van der Waals surface area contributed by atoms with E-state index in [-0.39, 0.29) is 11.4 Å². The van der Waals surface area contributed by atoms with Gasteiger partial charge in [0.1, 0.15) is 5.82 Å². The first kappa shape index (κ1) is 13.1. The predicted octanol–water partition coefficient (Wildman–Crippen LogP) is 3.12. The lowest BCUT2D eigenvalue weighted by atomic mass is 10.0. The van der Waals surface area contributed by atoms with Crippen molar-refractivity contribution >= 4 is 11.6 Å². The number of nitrogens with one attached hydrogen (secondary N) is 1. The first-order chi connectivity index (χ1) is 8.45. The zero-order chi connectivity index (χ0) is 13.3. The van der Waals surface area contributed by atoms with Gasteiger partial charge in [0.05, 0.1) is 34.5 Å². The third-order valence-electron chi connectivity index (χ3n) is 3.07. The molecule has 1 aromatic carbocycles. The summed E-state index contributed by atoms with van der Waals surface area (Å²) in [4.78, 5) is 4.13. The first-order valence-electron chi connectivity index (χ1n) is 5.63. The molecule has 96 valence electrons. The Hall–Kier alpha value is -1.39. The van der Waals surface area contributed by atoms with Crippen LogP contribution in [-0.4, -0.2) is 16.6 Å². The molecule has 0 unspecified atom stereocenters. The Bertz CT molecular complexity index is 563. The number of hydrogen-bond donors (Lipinski definition) is 1. The van der Waals surface area contributed by atoms with Gasteiger partial charge < -0.3 is 5.32 Å². The van der Waals surface area contributed by atoms with Gasteiger partial charge >= 0.3 is 0 Å². The lowest BCUT2D eigenvalue weighted by Gasteiger charge is -2.25. The Kier molecular flexibility index (Phi) is 3.41. The molecule has 1 heterocycles. The summed E-state index contributed by atoms with van der Waals surface area (Å²) >= 11 is 6.12.